The Labute approximate surface area is 116 Å². The predicted molar refractivity (Wildman–Crippen MR) is 79.7 cm³/mol. The second kappa shape index (κ2) is 4.86. The summed E-state index contributed by atoms with van der Waals surface area (Å²) in [5.41, 5.74) is 4.15. The standard InChI is InChI=1S/C14H11BrFNS/c15-11-3-1-10(2-4-11)8-18-9-17-13-6-5-12(16)7-14(13)18/h1-7,9,18H,8H2. The number of aliphatic imine (C=N–C) groups is 1. The normalized spacial score (nSPS) is 18.9. The molecule has 18 heavy (non-hydrogen) atoms. The highest BCUT2D eigenvalue weighted by molar-refractivity contribution is 9.10. The number of hydrogen-bond donors (Lipinski definition) is 1. The van der Waals surface area contributed by atoms with Gasteiger partial charge in [0.15, 0.2) is 0 Å². The summed E-state index contributed by atoms with van der Waals surface area (Å²) in [5.74, 6) is 0.741. The number of hydrogen-bond acceptors (Lipinski definition) is 1. The number of thiol groups is 1. The number of nitrogens with zero attached hydrogens (tertiary/aromatic N) is 1. The Morgan fingerprint density at radius 1 is 1.11 bits per heavy atom. The largest absolute Gasteiger partial charge is 0.250 e. The summed E-state index contributed by atoms with van der Waals surface area (Å²) in [5, 5.41) is 0. The second-order valence-electron chi connectivity index (χ2n) is 4.13. The molecule has 3 rings (SSSR count). The summed E-state index contributed by atoms with van der Waals surface area (Å²) < 4.78 is 14.4. The zero-order chi connectivity index (χ0) is 12.5. The van der Waals surface area contributed by atoms with Crippen LogP contribution in [0, 0.1) is 5.82 Å². The molecule has 0 N–H and O–H groups in total. The third-order valence-corrected chi connectivity index (χ3v) is 5.46. The van der Waals surface area contributed by atoms with Gasteiger partial charge in [0.05, 0.1) is 5.69 Å². The lowest BCUT2D eigenvalue weighted by molar-refractivity contribution is 0.624. The second-order valence-corrected chi connectivity index (χ2v) is 7.02. The Balaban J connectivity index is 1.86. The minimum atomic E-state index is -0.510. The van der Waals surface area contributed by atoms with Gasteiger partial charge < -0.3 is 0 Å². The van der Waals surface area contributed by atoms with E-state index in [-0.39, 0.29) is 5.82 Å². The molecule has 0 radical (unpaired) electrons. The van der Waals surface area contributed by atoms with Crippen molar-refractivity contribution in [2.75, 3.05) is 0 Å². The van der Waals surface area contributed by atoms with E-state index < -0.39 is 10.9 Å². The van der Waals surface area contributed by atoms with E-state index in [1.54, 1.807) is 12.1 Å². The summed E-state index contributed by atoms with van der Waals surface area (Å²) in [6.07, 6.45) is 0. The highest BCUT2D eigenvalue weighted by atomic mass is 79.9. The molecule has 1 aliphatic rings. The van der Waals surface area contributed by atoms with Crippen LogP contribution >= 0.6 is 26.8 Å². The van der Waals surface area contributed by atoms with Gasteiger partial charge in [0, 0.05) is 20.7 Å². The van der Waals surface area contributed by atoms with E-state index in [1.165, 1.54) is 11.6 Å². The van der Waals surface area contributed by atoms with E-state index in [0.29, 0.717) is 0 Å². The van der Waals surface area contributed by atoms with Gasteiger partial charge in [-0.25, -0.2) is 4.39 Å². The third-order valence-electron chi connectivity index (χ3n) is 2.85. The molecule has 4 heteroatoms. The van der Waals surface area contributed by atoms with Crippen LogP contribution in [0.2, 0.25) is 0 Å². The molecule has 0 spiro atoms. The van der Waals surface area contributed by atoms with Crippen LogP contribution in [-0.4, -0.2) is 5.55 Å². The number of benzene rings is 2. The monoisotopic (exact) mass is 323 g/mol. The van der Waals surface area contributed by atoms with Crippen molar-refractivity contribution in [2.45, 2.75) is 10.6 Å². The fourth-order valence-electron chi connectivity index (χ4n) is 1.94. The molecule has 2 aromatic rings. The van der Waals surface area contributed by atoms with Gasteiger partial charge in [-0.3, -0.25) is 4.99 Å². The smallest absolute Gasteiger partial charge is 0.124 e. The average Bonchev–Trinajstić information content (AvgIpc) is 2.75. The lowest BCUT2D eigenvalue weighted by Gasteiger charge is -2.13. The van der Waals surface area contributed by atoms with E-state index in [1.807, 2.05) is 17.7 Å². The van der Waals surface area contributed by atoms with Gasteiger partial charge in [0.2, 0.25) is 0 Å². The first-order valence-electron chi connectivity index (χ1n) is 5.57. The van der Waals surface area contributed by atoms with Crippen molar-refractivity contribution in [2.24, 2.45) is 4.99 Å². The molecule has 1 atom stereocenters. The maximum Gasteiger partial charge on any atom is 0.124 e. The summed E-state index contributed by atoms with van der Waals surface area (Å²) in [7, 11) is -0.510. The maximum atomic E-state index is 13.3. The van der Waals surface area contributed by atoms with Crippen LogP contribution in [0.4, 0.5) is 10.1 Å². The van der Waals surface area contributed by atoms with Crippen molar-refractivity contribution in [3.8, 4) is 0 Å². The molecule has 2 aromatic carbocycles. The third kappa shape index (κ3) is 2.35. The van der Waals surface area contributed by atoms with E-state index in [4.69, 9.17) is 0 Å². The van der Waals surface area contributed by atoms with E-state index in [2.05, 4.69) is 33.1 Å². The fraction of sp³-hybridized carbons (Fsp3) is 0.0714. The van der Waals surface area contributed by atoms with Gasteiger partial charge in [-0.1, -0.05) is 28.1 Å². The van der Waals surface area contributed by atoms with Crippen LogP contribution in [0.25, 0.3) is 0 Å². The number of rotatable bonds is 2. The predicted octanol–water partition coefficient (Wildman–Crippen LogP) is 4.82. The molecule has 0 bridgehead atoms. The molecule has 0 fully saturated rings. The Morgan fingerprint density at radius 2 is 1.89 bits per heavy atom. The first-order valence-corrected chi connectivity index (χ1v) is 7.96. The average molecular weight is 324 g/mol. The van der Waals surface area contributed by atoms with Crippen LogP contribution in [0.15, 0.2) is 56.8 Å². The Bertz CT molecular complexity index is 610. The quantitative estimate of drug-likeness (QED) is 0.760. The highest BCUT2D eigenvalue weighted by Gasteiger charge is 2.16. The Kier molecular flexibility index (Phi) is 3.22. The highest BCUT2D eigenvalue weighted by Crippen LogP contribution is 2.48. The first kappa shape index (κ1) is 11.9. The molecular weight excluding hydrogens is 313 g/mol. The van der Waals surface area contributed by atoms with Crippen LogP contribution in [-0.2, 0) is 5.75 Å². The van der Waals surface area contributed by atoms with E-state index >= 15 is 0 Å². The van der Waals surface area contributed by atoms with E-state index in [9.17, 15) is 4.39 Å². The lowest BCUT2D eigenvalue weighted by Crippen LogP contribution is -1.88. The van der Waals surface area contributed by atoms with Crippen molar-refractivity contribution in [3.63, 3.8) is 0 Å². The molecule has 0 aromatic heterocycles. The van der Waals surface area contributed by atoms with Crippen molar-refractivity contribution in [3.05, 3.63) is 58.3 Å². The van der Waals surface area contributed by atoms with Gasteiger partial charge in [0.25, 0.3) is 0 Å². The number of halogens is 2. The van der Waals surface area contributed by atoms with Crippen molar-refractivity contribution >= 4 is 38.1 Å². The van der Waals surface area contributed by atoms with Crippen LogP contribution < -0.4 is 0 Å². The molecule has 0 saturated carbocycles. The Hall–Kier alpha value is -1.13. The van der Waals surface area contributed by atoms with Crippen LogP contribution in [0.1, 0.15) is 5.56 Å². The fourth-order valence-corrected chi connectivity index (χ4v) is 4.17. The first-order chi connectivity index (χ1) is 8.72. The summed E-state index contributed by atoms with van der Waals surface area (Å²) in [6, 6.07) is 13.1. The van der Waals surface area contributed by atoms with Crippen molar-refractivity contribution in [1.82, 2.24) is 0 Å². The molecule has 1 nitrogen and oxygen atoms in total. The minimum absolute atomic E-state index is 0.178. The summed E-state index contributed by atoms with van der Waals surface area (Å²) in [4.78, 5) is 5.41. The topological polar surface area (TPSA) is 12.4 Å². The van der Waals surface area contributed by atoms with Gasteiger partial charge in [-0.15, -0.1) is 0 Å². The van der Waals surface area contributed by atoms with Gasteiger partial charge in [-0.05, 0) is 35.9 Å². The molecule has 1 aliphatic heterocycles. The van der Waals surface area contributed by atoms with Gasteiger partial charge in [-0.2, -0.15) is 10.9 Å². The van der Waals surface area contributed by atoms with Crippen molar-refractivity contribution in [1.29, 1.82) is 0 Å². The SMILES string of the molecule is Fc1ccc2c(c1)[SH](Cc1ccc(Br)cc1)C=N2. The maximum absolute atomic E-state index is 13.3. The van der Waals surface area contributed by atoms with Crippen LogP contribution in [0.5, 0.6) is 0 Å². The van der Waals surface area contributed by atoms with Gasteiger partial charge >= 0.3 is 0 Å². The van der Waals surface area contributed by atoms with E-state index in [0.717, 1.165) is 20.8 Å². The molecule has 0 saturated heterocycles. The van der Waals surface area contributed by atoms with Crippen LogP contribution in [0.3, 0.4) is 0 Å². The Morgan fingerprint density at radius 3 is 2.67 bits per heavy atom. The summed E-state index contributed by atoms with van der Waals surface area (Å²) in [6.45, 7) is 0. The molecule has 92 valence electrons. The number of fused-ring (bicyclic) bond motifs is 1. The molecule has 0 amide bonds. The lowest BCUT2D eigenvalue weighted by atomic mass is 10.2. The van der Waals surface area contributed by atoms with Gasteiger partial charge in [0.1, 0.15) is 5.82 Å². The molecule has 0 aliphatic carbocycles. The summed E-state index contributed by atoms with van der Waals surface area (Å²) >= 11 is 3.42. The zero-order valence-corrected chi connectivity index (χ0v) is 12.0. The molecular formula is C14H11BrFNS. The molecule has 1 heterocycles. The minimum Gasteiger partial charge on any atom is -0.250 e. The molecule has 1 unspecified atom stereocenters. The van der Waals surface area contributed by atoms with Crippen molar-refractivity contribution < 1.29 is 4.39 Å². The zero-order valence-electron chi connectivity index (χ0n) is 9.48.